The highest BCUT2D eigenvalue weighted by molar-refractivity contribution is 5.87. The molecule has 0 atom stereocenters. The van der Waals surface area contributed by atoms with Gasteiger partial charge in [-0.15, -0.1) is 0 Å². The topological polar surface area (TPSA) is 78.9 Å². The van der Waals surface area contributed by atoms with Gasteiger partial charge in [-0.2, -0.15) is 0 Å². The Labute approximate surface area is 184 Å². The van der Waals surface area contributed by atoms with Crippen LogP contribution in [-0.4, -0.2) is 37.7 Å². The number of ether oxygens (including phenoxy) is 3. The van der Waals surface area contributed by atoms with Gasteiger partial charge in [-0.25, -0.2) is 14.4 Å². The van der Waals surface area contributed by atoms with Gasteiger partial charge in [-0.05, 0) is 65.2 Å². The van der Waals surface area contributed by atoms with Gasteiger partial charge in [0.15, 0.2) is 0 Å². The maximum Gasteiger partial charge on any atom is 0.333 e. The van der Waals surface area contributed by atoms with Crippen LogP contribution in [0.15, 0.2) is 36.5 Å². The van der Waals surface area contributed by atoms with Crippen molar-refractivity contribution in [3.8, 4) is 0 Å². The second-order valence-electron chi connectivity index (χ2n) is 10.6. The van der Waals surface area contributed by atoms with E-state index in [2.05, 4.69) is 19.7 Å². The average Bonchev–Trinajstić information content (AvgIpc) is 2.67. The Morgan fingerprint density at radius 1 is 0.645 bits per heavy atom. The normalized spacial score (nSPS) is 32.8. The van der Waals surface area contributed by atoms with E-state index in [1.54, 1.807) is 20.8 Å². The number of rotatable bonds is 9. The first kappa shape index (κ1) is 23.3. The van der Waals surface area contributed by atoms with Crippen molar-refractivity contribution < 1.29 is 28.6 Å². The van der Waals surface area contributed by atoms with E-state index >= 15 is 0 Å². The molecule has 170 valence electrons. The third-order valence-corrected chi connectivity index (χ3v) is 6.99. The fourth-order valence-electron chi connectivity index (χ4n) is 6.57. The lowest BCUT2D eigenvalue weighted by Gasteiger charge is -2.66. The second-order valence-corrected chi connectivity index (χ2v) is 10.6. The molecule has 4 bridgehead atoms. The quantitative estimate of drug-likeness (QED) is 0.308. The van der Waals surface area contributed by atoms with Crippen LogP contribution in [0, 0.1) is 22.2 Å². The second kappa shape index (κ2) is 8.29. The Morgan fingerprint density at radius 3 is 1.13 bits per heavy atom. The van der Waals surface area contributed by atoms with Gasteiger partial charge in [0.25, 0.3) is 0 Å². The van der Waals surface area contributed by atoms with E-state index in [-0.39, 0.29) is 34.2 Å². The molecule has 6 heteroatoms. The van der Waals surface area contributed by atoms with Crippen molar-refractivity contribution in [2.24, 2.45) is 22.2 Å². The van der Waals surface area contributed by atoms with Gasteiger partial charge >= 0.3 is 17.9 Å². The maximum atomic E-state index is 12.1. The van der Waals surface area contributed by atoms with Crippen LogP contribution >= 0.6 is 0 Å². The molecule has 0 amide bonds. The average molecular weight is 431 g/mol. The lowest BCUT2D eigenvalue weighted by atomic mass is 9.40. The number of esters is 3. The van der Waals surface area contributed by atoms with E-state index in [0.29, 0.717) is 42.5 Å². The number of hydrogen-bond acceptors (Lipinski definition) is 6. The summed E-state index contributed by atoms with van der Waals surface area (Å²) in [7, 11) is 0. The van der Waals surface area contributed by atoms with Crippen molar-refractivity contribution in [3.05, 3.63) is 36.5 Å². The van der Waals surface area contributed by atoms with E-state index in [4.69, 9.17) is 14.2 Å². The molecule has 4 aliphatic carbocycles. The third kappa shape index (κ3) is 4.94. The summed E-state index contributed by atoms with van der Waals surface area (Å²) in [6, 6.07) is 0. The molecular weight excluding hydrogens is 396 g/mol. The van der Waals surface area contributed by atoms with E-state index in [1.165, 1.54) is 0 Å². The van der Waals surface area contributed by atoms with Crippen molar-refractivity contribution in [2.75, 3.05) is 19.8 Å². The molecule has 0 unspecified atom stereocenters. The van der Waals surface area contributed by atoms with Crippen LogP contribution in [0.4, 0.5) is 0 Å². The SMILES string of the molecule is C=C(C)C(=O)OCC12CC3CC(COC(=O)C(=C)C)(C1)CC(COC(=O)C(=C)C)(C3)C2. The monoisotopic (exact) mass is 430 g/mol. The minimum atomic E-state index is -0.388. The first-order chi connectivity index (χ1) is 14.4. The standard InChI is InChI=1S/C25H34O6/c1-16(2)20(26)29-13-23-7-19-8-24(10-23,14-30-21(27)17(3)4)12-25(9-19,11-23)15-31-22(28)18(5)6/h19H,1,3,5,7-15H2,2,4,6H3. The minimum absolute atomic E-state index is 0.213. The number of hydrogen-bond donors (Lipinski definition) is 0. The van der Waals surface area contributed by atoms with Crippen LogP contribution in [0.3, 0.4) is 0 Å². The molecule has 4 saturated carbocycles. The molecule has 0 spiro atoms. The van der Waals surface area contributed by atoms with Crippen molar-refractivity contribution in [2.45, 2.75) is 59.3 Å². The first-order valence-corrected chi connectivity index (χ1v) is 10.9. The predicted octanol–water partition coefficient (Wildman–Crippen LogP) is 4.30. The van der Waals surface area contributed by atoms with Gasteiger partial charge in [0, 0.05) is 33.0 Å². The lowest BCUT2D eigenvalue weighted by molar-refractivity contribution is -0.210. The zero-order valence-corrected chi connectivity index (χ0v) is 19.0. The molecule has 31 heavy (non-hydrogen) atoms. The van der Waals surface area contributed by atoms with E-state index in [1.807, 2.05) is 0 Å². The highest BCUT2D eigenvalue weighted by atomic mass is 16.5. The summed E-state index contributed by atoms with van der Waals surface area (Å²) in [5.74, 6) is -0.754. The largest absolute Gasteiger partial charge is 0.462 e. The van der Waals surface area contributed by atoms with Crippen molar-refractivity contribution in [3.63, 3.8) is 0 Å². The van der Waals surface area contributed by atoms with Crippen LogP contribution in [0.25, 0.3) is 0 Å². The maximum absolute atomic E-state index is 12.1. The minimum Gasteiger partial charge on any atom is -0.462 e. The van der Waals surface area contributed by atoms with Crippen LogP contribution < -0.4 is 0 Å². The molecule has 0 saturated heterocycles. The molecule has 0 aliphatic heterocycles. The van der Waals surface area contributed by atoms with E-state index in [0.717, 1.165) is 38.5 Å². The molecule has 0 heterocycles. The molecule has 0 aromatic heterocycles. The molecule has 0 aromatic carbocycles. The predicted molar refractivity (Wildman–Crippen MR) is 116 cm³/mol. The molecular formula is C25H34O6. The Balaban J connectivity index is 1.84. The van der Waals surface area contributed by atoms with Crippen LogP contribution in [0.1, 0.15) is 59.3 Å². The summed E-state index contributed by atoms with van der Waals surface area (Å²) in [6.45, 7) is 16.9. The zero-order chi connectivity index (χ0) is 23.0. The Bertz CT molecular complexity index is 720. The summed E-state index contributed by atoms with van der Waals surface area (Å²) < 4.78 is 16.9. The highest BCUT2D eigenvalue weighted by Crippen LogP contribution is 2.70. The van der Waals surface area contributed by atoms with Crippen LogP contribution in [0.2, 0.25) is 0 Å². The van der Waals surface area contributed by atoms with Gasteiger partial charge < -0.3 is 14.2 Å². The lowest BCUT2D eigenvalue weighted by Crippen LogP contribution is -2.61. The van der Waals surface area contributed by atoms with Crippen molar-refractivity contribution in [1.29, 1.82) is 0 Å². The number of carbonyl (C=O) groups excluding carboxylic acids is 3. The van der Waals surface area contributed by atoms with Crippen molar-refractivity contribution >= 4 is 17.9 Å². The Hall–Kier alpha value is -2.37. The molecule has 6 nitrogen and oxygen atoms in total. The van der Waals surface area contributed by atoms with E-state index in [9.17, 15) is 14.4 Å². The van der Waals surface area contributed by atoms with Gasteiger partial charge in [0.05, 0.1) is 19.8 Å². The van der Waals surface area contributed by atoms with Gasteiger partial charge in [-0.1, -0.05) is 19.7 Å². The Kier molecular flexibility index (Phi) is 6.23. The fraction of sp³-hybridized carbons (Fsp3) is 0.640. The molecule has 4 aliphatic rings. The smallest absolute Gasteiger partial charge is 0.333 e. The summed E-state index contributed by atoms with van der Waals surface area (Å²) in [6.07, 6.45) is 5.34. The first-order valence-electron chi connectivity index (χ1n) is 10.9. The van der Waals surface area contributed by atoms with Gasteiger partial charge in [0.1, 0.15) is 0 Å². The summed E-state index contributed by atoms with van der Waals surface area (Å²) >= 11 is 0. The van der Waals surface area contributed by atoms with Gasteiger partial charge in [-0.3, -0.25) is 0 Å². The van der Waals surface area contributed by atoms with Crippen LogP contribution in [0.5, 0.6) is 0 Å². The number of carbonyl (C=O) groups is 3. The Morgan fingerprint density at radius 2 is 0.903 bits per heavy atom. The molecule has 0 radical (unpaired) electrons. The summed E-state index contributed by atoms with van der Waals surface area (Å²) in [5.41, 5.74) is 0.487. The summed E-state index contributed by atoms with van der Waals surface area (Å²) in [5, 5.41) is 0. The molecule has 4 rings (SSSR count). The molecule has 4 fully saturated rings. The summed E-state index contributed by atoms with van der Waals surface area (Å²) in [4.78, 5) is 36.3. The zero-order valence-electron chi connectivity index (χ0n) is 19.0. The third-order valence-electron chi connectivity index (χ3n) is 6.99. The fourth-order valence-corrected chi connectivity index (χ4v) is 6.57. The van der Waals surface area contributed by atoms with Crippen LogP contribution in [-0.2, 0) is 28.6 Å². The highest BCUT2D eigenvalue weighted by Gasteiger charge is 2.64. The van der Waals surface area contributed by atoms with Gasteiger partial charge in [0.2, 0.25) is 0 Å². The van der Waals surface area contributed by atoms with Crippen molar-refractivity contribution in [1.82, 2.24) is 0 Å². The van der Waals surface area contributed by atoms with E-state index < -0.39 is 0 Å². The molecule has 0 N–H and O–H groups in total. The molecule has 0 aromatic rings.